The van der Waals surface area contributed by atoms with Crippen LogP contribution in [0.4, 0.5) is 10.1 Å². The number of carbonyl (C=O) groups is 1. The third-order valence-electron chi connectivity index (χ3n) is 4.95. The van der Waals surface area contributed by atoms with Crippen molar-refractivity contribution in [2.45, 2.75) is 42.5 Å². The van der Waals surface area contributed by atoms with E-state index in [2.05, 4.69) is 12.2 Å². The number of thioether (sulfide) groups is 2. The standard InChI is InChI=1S/C23H22FN3O2S2/c1-13-4-9-18(14(2)10-13)25-20(28)12-30-23-26-19-11-15(3)31-21(19)22(29)27(23)17-7-5-16(24)6-8-17/h4-10,15H,11-12H2,1-3H3,(H,25,28). The number of hydrogen-bond donors (Lipinski definition) is 1. The lowest BCUT2D eigenvalue weighted by atomic mass is 10.1. The predicted molar refractivity (Wildman–Crippen MR) is 124 cm³/mol. The van der Waals surface area contributed by atoms with Crippen molar-refractivity contribution in [3.05, 3.63) is 75.5 Å². The second-order valence-electron chi connectivity index (χ2n) is 7.57. The Kier molecular flexibility index (Phi) is 6.20. The molecule has 0 bridgehead atoms. The minimum Gasteiger partial charge on any atom is -0.325 e. The van der Waals surface area contributed by atoms with Gasteiger partial charge in [-0.25, -0.2) is 9.37 Å². The zero-order valence-electron chi connectivity index (χ0n) is 17.4. The quantitative estimate of drug-likeness (QED) is 0.444. The van der Waals surface area contributed by atoms with Crippen LogP contribution < -0.4 is 10.9 Å². The summed E-state index contributed by atoms with van der Waals surface area (Å²) in [6, 6.07) is 11.6. The number of carbonyl (C=O) groups excluding carboxylic acids is 1. The Bertz CT molecular complexity index is 1210. The van der Waals surface area contributed by atoms with Crippen molar-refractivity contribution in [2.24, 2.45) is 0 Å². The van der Waals surface area contributed by atoms with Gasteiger partial charge < -0.3 is 5.32 Å². The van der Waals surface area contributed by atoms with Crippen molar-refractivity contribution < 1.29 is 9.18 Å². The Morgan fingerprint density at radius 1 is 1.26 bits per heavy atom. The van der Waals surface area contributed by atoms with Gasteiger partial charge in [-0.05, 0) is 49.7 Å². The normalized spacial score (nSPS) is 15.0. The van der Waals surface area contributed by atoms with Gasteiger partial charge in [-0.2, -0.15) is 0 Å². The molecule has 1 aliphatic heterocycles. The van der Waals surface area contributed by atoms with Crippen molar-refractivity contribution >= 4 is 35.1 Å². The van der Waals surface area contributed by atoms with Gasteiger partial charge in [0.25, 0.3) is 5.56 Å². The largest absolute Gasteiger partial charge is 0.325 e. The molecular weight excluding hydrogens is 433 g/mol. The summed E-state index contributed by atoms with van der Waals surface area (Å²) in [4.78, 5) is 31.1. The smallest absolute Gasteiger partial charge is 0.272 e. The van der Waals surface area contributed by atoms with E-state index in [1.807, 2.05) is 32.0 Å². The van der Waals surface area contributed by atoms with Gasteiger partial charge in [0.15, 0.2) is 5.16 Å². The van der Waals surface area contributed by atoms with E-state index in [1.54, 1.807) is 12.1 Å². The fourth-order valence-electron chi connectivity index (χ4n) is 3.48. The molecule has 0 saturated carbocycles. The van der Waals surface area contributed by atoms with Gasteiger partial charge in [0.1, 0.15) is 5.82 Å². The molecule has 0 saturated heterocycles. The molecule has 2 heterocycles. The van der Waals surface area contributed by atoms with Crippen molar-refractivity contribution in [3.8, 4) is 5.69 Å². The number of anilines is 1. The molecule has 1 aromatic heterocycles. The van der Waals surface area contributed by atoms with E-state index < -0.39 is 0 Å². The first-order valence-corrected chi connectivity index (χ1v) is 11.8. The van der Waals surface area contributed by atoms with Crippen LogP contribution in [-0.4, -0.2) is 26.5 Å². The van der Waals surface area contributed by atoms with E-state index in [0.717, 1.165) is 22.5 Å². The Morgan fingerprint density at radius 2 is 2.00 bits per heavy atom. The van der Waals surface area contributed by atoms with Gasteiger partial charge in [0.05, 0.1) is 22.0 Å². The van der Waals surface area contributed by atoms with Gasteiger partial charge in [0.2, 0.25) is 5.91 Å². The summed E-state index contributed by atoms with van der Waals surface area (Å²) in [6.45, 7) is 6.00. The first kappa shape index (κ1) is 21.6. The van der Waals surface area contributed by atoms with Crippen LogP contribution in [0.25, 0.3) is 5.69 Å². The molecule has 1 N–H and O–H groups in total. The summed E-state index contributed by atoms with van der Waals surface area (Å²) < 4.78 is 14.9. The molecule has 0 aliphatic carbocycles. The molecule has 0 spiro atoms. The number of benzene rings is 2. The van der Waals surface area contributed by atoms with Gasteiger partial charge in [-0.1, -0.05) is 36.4 Å². The average Bonchev–Trinajstić information content (AvgIpc) is 3.10. The zero-order valence-corrected chi connectivity index (χ0v) is 19.1. The number of hydrogen-bond acceptors (Lipinski definition) is 5. The summed E-state index contributed by atoms with van der Waals surface area (Å²) >= 11 is 2.71. The maximum absolute atomic E-state index is 13.4. The maximum Gasteiger partial charge on any atom is 0.272 e. The van der Waals surface area contributed by atoms with Crippen LogP contribution in [0, 0.1) is 19.7 Å². The Morgan fingerprint density at radius 3 is 2.71 bits per heavy atom. The molecule has 5 nitrogen and oxygen atoms in total. The number of aromatic nitrogens is 2. The molecule has 160 valence electrons. The van der Waals surface area contributed by atoms with Gasteiger partial charge >= 0.3 is 0 Å². The second-order valence-corrected chi connectivity index (χ2v) is 9.97. The lowest BCUT2D eigenvalue weighted by Gasteiger charge is -2.14. The van der Waals surface area contributed by atoms with Crippen LogP contribution in [0.1, 0.15) is 23.7 Å². The molecule has 1 amide bonds. The predicted octanol–water partition coefficient (Wildman–Crippen LogP) is 4.76. The number of rotatable bonds is 5. The Labute approximate surface area is 188 Å². The third kappa shape index (κ3) is 4.70. The Hall–Kier alpha value is -2.58. The number of nitrogens with one attached hydrogen (secondary N) is 1. The van der Waals surface area contributed by atoms with Crippen molar-refractivity contribution in [1.29, 1.82) is 0 Å². The summed E-state index contributed by atoms with van der Waals surface area (Å²) in [7, 11) is 0. The number of halogens is 1. The topological polar surface area (TPSA) is 64.0 Å². The van der Waals surface area contributed by atoms with Crippen LogP contribution >= 0.6 is 23.5 Å². The first-order chi connectivity index (χ1) is 14.8. The second kappa shape index (κ2) is 8.88. The monoisotopic (exact) mass is 455 g/mol. The highest BCUT2D eigenvalue weighted by atomic mass is 32.2. The van der Waals surface area contributed by atoms with Gasteiger partial charge in [-0.15, -0.1) is 11.8 Å². The summed E-state index contributed by atoms with van der Waals surface area (Å²) in [5.41, 5.74) is 3.99. The lowest BCUT2D eigenvalue weighted by Crippen LogP contribution is -2.24. The van der Waals surface area contributed by atoms with E-state index in [1.165, 1.54) is 40.2 Å². The molecule has 0 fully saturated rings. The molecule has 8 heteroatoms. The fraction of sp³-hybridized carbons (Fsp3) is 0.261. The molecule has 3 aromatic rings. The van der Waals surface area contributed by atoms with Crippen molar-refractivity contribution in [3.63, 3.8) is 0 Å². The zero-order chi connectivity index (χ0) is 22.1. The maximum atomic E-state index is 13.4. The van der Waals surface area contributed by atoms with Crippen LogP contribution in [-0.2, 0) is 11.2 Å². The van der Waals surface area contributed by atoms with Crippen LogP contribution in [0.3, 0.4) is 0 Å². The Balaban J connectivity index is 1.62. The van der Waals surface area contributed by atoms with Gasteiger partial charge in [-0.3, -0.25) is 14.2 Å². The molecule has 0 radical (unpaired) electrons. The van der Waals surface area contributed by atoms with E-state index >= 15 is 0 Å². The molecule has 4 rings (SSSR count). The number of nitrogens with zero attached hydrogens (tertiary/aromatic N) is 2. The van der Waals surface area contributed by atoms with E-state index in [-0.39, 0.29) is 28.3 Å². The van der Waals surface area contributed by atoms with Gasteiger partial charge in [0, 0.05) is 17.4 Å². The number of aryl methyl sites for hydroxylation is 2. The average molecular weight is 456 g/mol. The minimum atomic E-state index is -0.379. The summed E-state index contributed by atoms with van der Waals surface area (Å²) in [6.07, 6.45) is 0.710. The molecule has 2 aromatic carbocycles. The van der Waals surface area contributed by atoms with Crippen LogP contribution in [0.2, 0.25) is 0 Å². The molecular formula is C23H22FN3O2S2. The van der Waals surface area contributed by atoms with Crippen molar-refractivity contribution in [1.82, 2.24) is 9.55 Å². The highest BCUT2D eigenvalue weighted by Crippen LogP contribution is 2.35. The van der Waals surface area contributed by atoms with Crippen LogP contribution in [0.5, 0.6) is 0 Å². The summed E-state index contributed by atoms with van der Waals surface area (Å²) in [5.74, 6) is -0.460. The molecule has 31 heavy (non-hydrogen) atoms. The highest BCUT2D eigenvalue weighted by molar-refractivity contribution is 8.00. The molecule has 1 aliphatic rings. The number of amides is 1. The lowest BCUT2D eigenvalue weighted by molar-refractivity contribution is -0.113. The SMILES string of the molecule is Cc1ccc(NC(=O)CSc2nc3c(c(=O)n2-c2ccc(F)cc2)SC(C)C3)c(C)c1. The van der Waals surface area contributed by atoms with Crippen molar-refractivity contribution in [2.75, 3.05) is 11.1 Å². The highest BCUT2D eigenvalue weighted by Gasteiger charge is 2.27. The summed E-state index contributed by atoms with van der Waals surface area (Å²) in [5, 5.41) is 3.62. The van der Waals surface area contributed by atoms with E-state index in [9.17, 15) is 14.0 Å². The molecule has 1 atom stereocenters. The third-order valence-corrected chi connectivity index (χ3v) is 7.11. The molecule has 1 unspecified atom stereocenters. The minimum absolute atomic E-state index is 0.0996. The van der Waals surface area contributed by atoms with E-state index in [4.69, 9.17) is 4.98 Å². The fourth-order valence-corrected chi connectivity index (χ4v) is 5.41. The number of fused-ring (bicyclic) bond motifs is 1. The first-order valence-electron chi connectivity index (χ1n) is 9.90. The van der Waals surface area contributed by atoms with E-state index in [0.29, 0.717) is 22.2 Å². The van der Waals surface area contributed by atoms with Crippen LogP contribution in [0.15, 0.2) is 57.3 Å².